The van der Waals surface area contributed by atoms with Gasteiger partial charge in [-0.15, -0.1) is 0 Å². The third-order valence-corrected chi connectivity index (χ3v) is 4.32. The summed E-state index contributed by atoms with van der Waals surface area (Å²) in [6.07, 6.45) is 5.91. The number of hydrogen-bond acceptors (Lipinski definition) is 2. The van der Waals surface area contributed by atoms with E-state index in [9.17, 15) is 4.79 Å². The molecule has 4 heteroatoms. The molecule has 3 rings (SSSR count). The van der Waals surface area contributed by atoms with Gasteiger partial charge in [-0.05, 0) is 31.2 Å². The average molecular weight is 297 g/mol. The van der Waals surface area contributed by atoms with Gasteiger partial charge in [-0.2, -0.15) is 0 Å². The maximum absolute atomic E-state index is 12.7. The number of hydrogen-bond donors (Lipinski definition) is 0. The van der Waals surface area contributed by atoms with E-state index in [1.54, 1.807) is 6.20 Å². The van der Waals surface area contributed by atoms with Gasteiger partial charge >= 0.3 is 0 Å². The van der Waals surface area contributed by atoms with E-state index in [0.29, 0.717) is 18.3 Å². The highest BCUT2D eigenvalue weighted by atomic mass is 16.2. The first-order chi connectivity index (χ1) is 10.6. The SMILES string of the molecule is Cc1ccc(Cn2ccnc2C(=O)N2CCC[C@H](C)C2)cc1. The molecule has 1 amide bonds. The van der Waals surface area contributed by atoms with Crippen molar-refractivity contribution in [3.05, 3.63) is 53.6 Å². The fourth-order valence-corrected chi connectivity index (χ4v) is 3.04. The molecule has 1 aromatic heterocycles. The number of nitrogens with zero attached hydrogens (tertiary/aromatic N) is 3. The van der Waals surface area contributed by atoms with Crippen LogP contribution in [-0.4, -0.2) is 33.4 Å². The molecule has 0 bridgehead atoms. The Bertz CT molecular complexity index is 645. The largest absolute Gasteiger partial charge is 0.336 e. The quantitative estimate of drug-likeness (QED) is 0.873. The number of imidazole rings is 1. The van der Waals surface area contributed by atoms with Gasteiger partial charge in [0.1, 0.15) is 0 Å². The van der Waals surface area contributed by atoms with Crippen LogP contribution in [0, 0.1) is 12.8 Å². The fourth-order valence-electron chi connectivity index (χ4n) is 3.04. The standard InChI is InChI=1S/C18H23N3O/c1-14-5-7-16(8-6-14)13-20-11-9-19-17(20)18(22)21-10-3-4-15(2)12-21/h5-9,11,15H,3-4,10,12-13H2,1-2H3/t15-/m0/s1. The summed E-state index contributed by atoms with van der Waals surface area (Å²) in [5, 5.41) is 0. The molecular formula is C18H23N3O. The van der Waals surface area contributed by atoms with Crippen LogP contribution >= 0.6 is 0 Å². The number of likely N-dealkylation sites (tertiary alicyclic amines) is 1. The Hall–Kier alpha value is -2.10. The Labute approximate surface area is 131 Å². The Balaban J connectivity index is 1.76. The van der Waals surface area contributed by atoms with Crippen LogP contribution in [0.1, 0.15) is 41.5 Å². The number of aromatic nitrogens is 2. The van der Waals surface area contributed by atoms with Gasteiger partial charge in [0.25, 0.3) is 5.91 Å². The van der Waals surface area contributed by atoms with Gasteiger partial charge in [-0.3, -0.25) is 4.79 Å². The minimum Gasteiger partial charge on any atom is -0.336 e. The number of piperidine rings is 1. The van der Waals surface area contributed by atoms with Crippen molar-refractivity contribution in [1.29, 1.82) is 0 Å². The topological polar surface area (TPSA) is 38.1 Å². The first-order valence-electron chi connectivity index (χ1n) is 7.99. The summed E-state index contributed by atoms with van der Waals surface area (Å²) in [4.78, 5) is 19.0. The van der Waals surface area contributed by atoms with Crippen LogP contribution in [0.2, 0.25) is 0 Å². The van der Waals surface area contributed by atoms with Crippen molar-refractivity contribution < 1.29 is 4.79 Å². The molecule has 0 aliphatic carbocycles. The van der Waals surface area contributed by atoms with Crippen LogP contribution in [0.25, 0.3) is 0 Å². The highest BCUT2D eigenvalue weighted by Gasteiger charge is 2.24. The van der Waals surface area contributed by atoms with Crippen LogP contribution in [0.3, 0.4) is 0 Å². The molecule has 1 atom stereocenters. The molecule has 1 fully saturated rings. The van der Waals surface area contributed by atoms with E-state index >= 15 is 0 Å². The predicted octanol–water partition coefficient (Wildman–Crippen LogP) is 3.11. The second-order valence-electron chi connectivity index (χ2n) is 6.36. The number of carbonyl (C=O) groups excluding carboxylic acids is 1. The van der Waals surface area contributed by atoms with Gasteiger partial charge in [0.15, 0.2) is 5.82 Å². The summed E-state index contributed by atoms with van der Waals surface area (Å²) < 4.78 is 1.95. The lowest BCUT2D eigenvalue weighted by atomic mass is 10.0. The number of rotatable bonds is 3. The van der Waals surface area contributed by atoms with Crippen molar-refractivity contribution in [3.63, 3.8) is 0 Å². The van der Waals surface area contributed by atoms with E-state index in [1.807, 2.05) is 15.7 Å². The molecule has 0 radical (unpaired) electrons. The minimum absolute atomic E-state index is 0.0589. The lowest BCUT2D eigenvalue weighted by Gasteiger charge is -2.30. The highest BCUT2D eigenvalue weighted by Crippen LogP contribution is 2.18. The summed E-state index contributed by atoms with van der Waals surface area (Å²) in [7, 11) is 0. The molecule has 116 valence electrons. The summed E-state index contributed by atoms with van der Waals surface area (Å²) >= 11 is 0. The molecular weight excluding hydrogens is 274 g/mol. The Morgan fingerprint density at radius 1 is 1.32 bits per heavy atom. The zero-order valence-electron chi connectivity index (χ0n) is 13.3. The first-order valence-corrected chi connectivity index (χ1v) is 7.99. The van der Waals surface area contributed by atoms with Crippen molar-refractivity contribution in [2.75, 3.05) is 13.1 Å². The van der Waals surface area contributed by atoms with Crippen LogP contribution in [0.5, 0.6) is 0 Å². The summed E-state index contributed by atoms with van der Waals surface area (Å²) in [6.45, 7) is 6.66. The smallest absolute Gasteiger partial charge is 0.289 e. The molecule has 1 aliphatic rings. The lowest BCUT2D eigenvalue weighted by molar-refractivity contribution is 0.0666. The van der Waals surface area contributed by atoms with E-state index < -0.39 is 0 Å². The van der Waals surface area contributed by atoms with Gasteiger partial charge in [0, 0.05) is 32.0 Å². The van der Waals surface area contributed by atoms with Crippen LogP contribution in [0.4, 0.5) is 0 Å². The third-order valence-electron chi connectivity index (χ3n) is 4.32. The van der Waals surface area contributed by atoms with Crippen LogP contribution in [-0.2, 0) is 6.54 Å². The summed E-state index contributed by atoms with van der Waals surface area (Å²) in [5.74, 6) is 1.19. The number of amides is 1. The molecule has 4 nitrogen and oxygen atoms in total. The maximum Gasteiger partial charge on any atom is 0.289 e. The van der Waals surface area contributed by atoms with Crippen molar-refractivity contribution in [2.24, 2.45) is 5.92 Å². The highest BCUT2D eigenvalue weighted by molar-refractivity contribution is 5.91. The van der Waals surface area contributed by atoms with E-state index in [0.717, 1.165) is 19.5 Å². The first kappa shape index (κ1) is 14.8. The molecule has 0 N–H and O–H groups in total. The third kappa shape index (κ3) is 3.21. The zero-order chi connectivity index (χ0) is 15.5. The fraction of sp³-hybridized carbons (Fsp3) is 0.444. The second-order valence-corrected chi connectivity index (χ2v) is 6.36. The van der Waals surface area contributed by atoms with Crippen molar-refractivity contribution in [1.82, 2.24) is 14.5 Å². The number of carbonyl (C=O) groups is 1. The predicted molar refractivity (Wildman–Crippen MR) is 86.8 cm³/mol. The van der Waals surface area contributed by atoms with E-state index in [-0.39, 0.29) is 5.91 Å². The molecule has 2 aromatic rings. The van der Waals surface area contributed by atoms with Crippen LogP contribution in [0.15, 0.2) is 36.7 Å². The molecule has 2 heterocycles. The van der Waals surface area contributed by atoms with Crippen molar-refractivity contribution in [2.45, 2.75) is 33.2 Å². The van der Waals surface area contributed by atoms with Gasteiger partial charge in [0.05, 0.1) is 0 Å². The molecule has 22 heavy (non-hydrogen) atoms. The Morgan fingerprint density at radius 2 is 2.09 bits per heavy atom. The number of aryl methyl sites for hydroxylation is 1. The summed E-state index contributed by atoms with van der Waals surface area (Å²) in [5.41, 5.74) is 2.43. The number of benzene rings is 1. The second kappa shape index (κ2) is 6.34. The van der Waals surface area contributed by atoms with E-state index in [4.69, 9.17) is 0 Å². The lowest BCUT2D eigenvalue weighted by Crippen LogP contribution is -2.40. The molecule has 1 aliphatic heterocycles. The molecule has 1 saturated heterocycles. The van der Waals surface area contributed by atoms with E-state index in [2.05, 4.69) is 43.1 Å². The molecule has 0 unspecified atom stereocenters. The minimum atomic E-state index is 0.0589. The van der Waals surface area contributed by atoms with Gasteiger partial charge < -0.3 is 9.47 Å². The Kier molecular flexibility index (Phi) is 4.27. The summed E-state index contributed by atoms with van der Waals surface area (Å²) in [6, 6.07) is 8.40. The monoisotopic (exact) mass is 297 g/mol. The van der Waals surface area contributed by atoms with Crippen molar-refractivity contribution >= 4 is 5.91 Å². The van der Waals surface area contributed by atoms with Gasteiger partial charge in [-0.1, -0.05) is 36.8 Å². The van der Waals surface area contributed by atoms with Crippen LogP contribution < -0.4 is 0 Å². The van der Waals surface area contributed by atoms with Gasteiger partial charge in [0.2, 0.25) is 0 Å². The average Bonchev–Trinajstić information content (AvgIpc) is 2.97. The van der Waals surface area contributed by atoms with Crippen molar-refractivity contribution in [3.8, 4) is 0 Å². The molecule has 1 aromatic carbocycles. The van der Waals surface area contributed by atoms with Gasteiger partial charge in [-0.25, -0.2) is 4.98 Å². The van der Waals surface area contributed by atoms with E-state index in [1.165, 1.54) is 17.5 Å². The Morgan fingerprint density at radius 3 is 2.82 bits per heavy atom. The zero-order valence-corrected chi connectivity index (χ0v) is 13.3. The molecule has 0 spiro atoms. The normalized spacial score (nSPS) is 18.5. The maximum atomic E-state index is 12.7. The molecule has 0 saturated carbocycles.